The average Bonchev–Trinajstić information content (AvgIpc) is 2.15. The van der Waals surface area contributed by atoms with Crippen LogP contribution in [0.1, 0.15) is 20.3 Å². The molecule has 0 aromatic heterocycles. The number of hydrogen-bond acceptors (Lipinski definition) is 3. The number of hydroxylamine groups is 2. The van der Waals surface area contributed by atoms with Gasteiger partial charge in [-0.25, -0.2) is 5.06 Å². The van der Waals surface area contributed by atoms with Gasteiger partial charge >= 0.3 is 0 Å². The van der Waals surface area contributed by atoms with E-state index in [4.69, 9.17) is 9.57 Å². The number of rotatable bonds is 2. The fourth-order valence-corrected chi connectivity index (χ4v) is 1.79. The summed E-state index contributed by atoms with van der Waals surface area (Å²) in [5.74, 6) is 0.0435. The topological polar surface area (TPSA) is 38.8 Å². The summed E-state index contributed by atoms with van der Waals surface area (Å²) in [5.41, 5.74) is -0.0951. The van der Waals surface area contributed by atoms with E-state index in [0.717, 1.165) is 6.42 Å². The molecule has 1 rings (SSSR count). The highest BCUT2D eigenvalue weighted by Gasteiger charge is 2.39. The summed E-state index contributed by atoms with van der Waals surface area (Å²) in [6.45, 7) is 5.41. The average molecular weight is 201 g/mol. The molecule has 1 aliphatic heterocycles. The van der Waals surface area contributed by atoms with Crippen molar-refractivity contribution < 1.29 is 14.4 Å². The van der Waals surface area contributed by atoms with E-state index >= 15 is 0 Å². The highest BCUT2D eigenvalue weighted by atomic mass is 16.7. The lowest BCUT2D eigenvalue weighted by atomic mass is 9.76. The minimum atomic E-state index is -0.0951. The van der Waals surface area contributed by atoms with E-state index in [-0.39, 0.29) is 17.2 Å². The Balaban J connectivity index is 2.69. The third-order valence-corrected chi connectivity index (χ3v) is 2.85. The molecule has 4 heteroatoms. The largest absolute Gasteiger partial charge is 0.381 e. The number of amides is 1. The Labute approximate surface area is 85.1 Å². The Morgan fingerprint density at radius 2 is 2.21 bits per heavy atom. The van der Waals surface area contributed by atoms with Gasteiger partial charge in [-0.1, -0.05) is 13.8 Å². The molecule has 1 fully saturated rings. The molecule has 1 saturated heterocycles. The van der Waals surface area contributed by atoms with E-state index in [2.05, 4.69) is 13.8 Å². The zero-order valence-corrected chi connectivity index (χ0v) is 9.37. The maximum atomic E-state index is 11.9. The van der Waals surface area contributed by atoms with Gasteiger partial charge in [-0.05, 0) is 11.8 Å². The molecule has 1 heterocycles. The molecule has 0 aromatic rings. The van der Waals surface area contributed by atoms with Crippen molar-refractivity contribution >= 4 is 5.91 Å². The summed E-state index contributed by atoms with van der Waals surface area (Å²) in [7, 11) is 3.15. The zero-order valence-electron chi connectivity index (χ0n) is 9.37. The van der Waals surface area contributed by atoms with Crippen LogP contribution in [-0.2, 0) is 14.4 Å². The summed E-state index contributed by atoms with van der Waals surface area (Å²) >= 11 is 0. The van der Waals surface area contributed by atoms with Gasteiger partial charge in [-0.3, -0.25) is 9.63 Å². The Kier molecular flexibility index (Phi) is 3.50. The summed E-state index contributed by atoms with van der Waals surface area (Å²) in [6.07, 6.45) is 0.777. The number of carbonyl (C=O) groups is 1. The molecule has 0 bridgehead atoms. The van der Waals surface area contributed by atoms with Crippen molar-refractivity contribution in [3.05, 3.63) is 0 Å². The molecule has 0 aliphatic carbocycles. The number of hydrogen-bond donors (Lipinski definition) is 0. The van der Waals surface area contributed by atoms with Gasteiger partial charge in [0.15, 0.2) is 0 Å². The van der Waals surface area contributed by atoms with Crippen LogP contribution in [0.2, 0.25) is 0 Å². The van der Waals surface area contributed by atoms with Crippen molar-refractivity contribution in [3.8, 4) is 0 Å². The van der Waals surface area contributed by atoms with Gasteiger partial charge in [0.1, 0.15) is 0 Å². The first-order chi connectivity index (χ1) is 6.49. The Morgan fingerprint density at radius 3 is 2.71 bits per heavy atom. The van der Waals surface area contributed by atoms with Gasteiger partial charge in [-0.15, -0.1) is 0 Å². The highest BCUT2D eigenvalue weighted by molar-refractivity contribution is 5.78. The molecule has 0 N–H and O–H groups in total. The maximum Gasteiger partial charge on any atom is 0.249 e. The third-order valence-electron chi connectivity index (χ3n) is 2.85. The Bertz CT molecular complexity index is 215. The number of carbonyl (C=O) groups excluding carboxylic acids is 1. The van der Waals surface area contributed by atoms with Gasteiger partial charge in [0, 0.05) is 19.6 Å². The molecule has 0 aromatic carbocycles. The fraction of sp³-hybridized carbons (Fsp3) is 0.900. The molecule has 0 radical (unpaired) electrons. The predicted octanol–water partition coefficient (Wildman–Crippen LogP) is 1.07. The van der Waals surface area contributed by atoms with Crippen LogP contribution < -0.4 is 0 Å². The molecular formula is C10H19NO3. The first kappa shape index (κ1) is 11.5. The summed E-state index contributed by atoms with van der Waals surface area (Å²) in [6, 6.07) is 0. The molecular weight excluding hydrogens is 182 g/mol. The van der Waals surface area contributed by atoms with Crippen molar-refractivity contribution in [2.24, 2.45) is 11.3 Å². The molecule has 14 heavy (non-hydrogen) atoms. The van der Waals surface area contributed by atoms with Crippen molar-refractivity contribution in [2.75, 3.05) is 27.4 Å². The van der Waals surface area contributed by atoms with Gasteiger partial charge in [0.05, 0.1) is 13.7 Å². The minimum Gasteiger partial charge on any atom is -0.381 e. The molecule has 82 valence electrons. The molecule has 4 nitrogen and oxygen atoms in total. The van der Waals surface area contributed by atoms with Gasteiger partial charge < -0.3 is 4.74 Å². The predicted molar refractivity (Wildman–Crippen MR) is 52.5 cm³/mol. The van der Waals surface area contributed by atoms with Crippen LogP contribution in [0.5, 0.6) is 0 Å². The summed E-state index contributed by atoms with van der Waals surface area (Å²) in [5, 5.41) is 1.30. The molecule has 1 aliphatic rings. The quantitative estimate of drug-likeness (QED) is 0.627. The smallest absolute Gasteiger partial charge is 0.249 e. The van der Waals surface area contributed by atoms with E-state index < -0.39 is 0 Å². The molecule has 1 unspecified atom stereocenters. The van der Waals surface area contributed by atoms with Crippen molar-refractivity contribution in [1.29, 1.82) is 0 Å². The van der Waals surface area contributed by atoms with Crippen LogP contribution in [-0.4, -0.2) is 38.3 Å². The molecule has 1 amide bonds. The number of ether oxygens (including phenoxy) is 1. The van der Waals surface area contributed by atoms with E-state index in [1.54, 1.807) is 7.05 Å². The second kappa shape index (κ2) is 4.28. The maximum absolute atomic E-state index is 11.9. The lowest BCUT2D eigenvalue weighted by molar-refractivity contribution is -0.183. The van der Waals surface area contributed by atoms with Crippen molar-refractivity contribution in [1.82, 2.24) is 5.06 Å². The van der Waals surface area contributed by atoms with E-state index in [9.17, 15) is 4.79 Å². The van der Waals surface area contributed by atoms with Gasteiger partial charge in [-0.2, -0.15) is 0 Å². The normalized spacial score (nSPS) is 25.9. The number of nitrogens with zero attached hydrogens (tertiary/aromatic N) is 1. The summed E-state index contributed by atoms with van der Waals surface area (Å²) in [4.78, 5) is 16.8. The van der Waals surface area contributed by atoms with Crippen LogP contribution >= 0.6 is 0 Å². The van der Waals surface area contributed by atoms with Gasteiger partial charge in [0.25, 0.3) is 0 Å². The first-order valence-electron chi connectivity index (χ1n) is 4.88. The van der Waals surface area contributed by atoms with E-state index in [1.165, 1.54) is 12.2 Å². The lowest BCUT2D eigenvalue weighted by Crippen LogP contribution is -2.45. The highest BCUT2D eigenvalue weighted by Crippen LogP contribution is 2.34. The second-order valence-corrected chi connectivity index (χ2v) is 4.40. The third kappa shape index (κ3) is 2.25. The first-order valence-corrected chi connectivity index (χ1v) is 4.88. The van der Waals surface area contributed by atoms with E-state index in [0.29, 0.717) is 13.2 Å². The van der Waals surface area contributed by atoms with Crippen LogP contribution in [0, 0.1) is 11.3 Å². The van der Waals surface area contributed by atoms with Gasteiger partial charge in [0.2, 0.25) is 5.91 Å². The second-order valence-electron chi connectivity index (χ2n) is 4.40. The van der Waals surface area contributed by atoms with E-state index in [1.807, 2.05) is 0 Å². The van der Waals surface area contributed by atoms with Crippen LogP contribution in [0.15, 0.2) is 0 Å². The van der Waals surface area contributed by atoms with Crippen LogP contribution in [0.25, 0.3) is 0 Å². The Morgan fingerprint density at radius 1 is 1.57 bits per heavy atom. The van der Waals surface area contributed by atoms with Crippen molar-refractivity contribution in [3.63, 3.8) is 0 Å². The molecule has 1 atom stereocenters. The summed E-state index contributed by atoms with van der Waals surface area (Å²) < 4.78 is 5.37. The monoisotopic (exact) mass is 201 g/mol. The van der Waals surface area contributed by atoms with Crippen LogP contribution in [0.3, 0.4) is 0 Å². The molecule has 0 spiro atoms. The lowest BCUT2D eigenvalue weighted by Gasteiger charge is -2.38. The molecule has 0 saturated carbocycles. The zero-order chi connectivity index (χ0) is 10.8. The fourth-order valence-electron chi connectivity index (χ4n) is 1.79. The van der Waals surface area contributed by atoms with Crippen LogP contribution in [0.4, 0.5) is 0 Å². The standard InChI is InChI=1S/C10H19NO3/c1-10(2)7-14-6-5-8(10)9(12)11(3)13-4/h8H,5-7H2,1-4H3. The SMILES string of the molecule is CON(C)C(=O)C1CCOCC1(C)C. The van der Waals surface area contributed by atoms with Crippen molar-refractivity contribution in [2.45, 2.75) is 20.3 Å². The Hall–Kier alpha value is -0.610. The minimum absolute atomic E-state index is 0.00111.